The molecule has 0 bridgehead atoms. The summed E-state index contributed by atoms with van der Waals surface area (Å²) in [5.41, 5.74) is 0. The summed E-state index contributed by atoms with van der Waals surface area (Å²) in [6.45, 7) is 8.49. The molecule has 0 atom stereocenters. The van der Waals surface area contributed by atoms with E-state index in [1.807, 2.05) is 6.20 Å². The van der Waals surface area contributed by atoms with Gasteiger partial charge in [-0.25, -0.2) is 4.98 Å². The minimum Gasteiger partial charge on any atom is -0.310 e. The van der Waals surface area contributed by atoms with E-state index in [9.17, 15) is 0 Å². The second-order valence-electron chi connectivity index (χ2n) is 3.39. The van der Waals surface area contributed by atoms with Gasteiger partial charge in [0.2, 0.25) is 0 Å². The molecule has 0 aliphatic carbocycles. The van der Waals surface area contributed by atoms with Gasteiger partial charge in [-0.3, -0.25) is 0 Å². The Labute approximate surface area is 102 Å². The monoisotopic (exact) mass is 256 g/mol. The fraction of sp³-hybridized carbons (Fsp3) is 0.667. The van der Waals surface area contributed by atoms with Crippen molar-refractivity contribution < 1.29 is 0 Å². The Morgan fingerprint density at radius 1 is 1.43 bits per heavy atom. The minimum absolute atomic E-state index is 0. The van der Waals surface area contributed by atoms with Gasteiger partial charge >= 0.3 is 0 Å². The van der Waals surface area contributed by atoms with E-state index in [1.165, 1.54) is 9.88 Å². The third kappa shape index (κ3) is 6.60. The Morgan fingerprint density at radius 2 is 2.07 bits per heavy atom. The van der Waals surface area contributed by atoms with Gasteiger partial charge in [-0.05, 0) is 19.4 Å². The lowest BCUT2D eigenvalue weighted by Gasteiger charge is -2.04. The third-order valence-electron chi connectivity index (χ3n) is 1.50. The highest BCUT2D eigenvalue weighted by Crippen LogP contribution is 2.10. The average Bonchev–Trinajstić information content (AvgIpc) is 2.35. The molecule has 0 saturated heterocycles. The molecule has 2 nitrogen and oxygen atoms in total. The van der Waals surface area contributed by atoms with Gasteiger partial charge in [-0.2, -0.15) is 0 Å². The molecular weight excluding hydrogens is 239 g/mol. The molecule has 1 N–H and O–H groups in total. The summed E-state index contributed by atoms with van der Waals surface area (Å²) >= 11 is 1.77. The maximum absolute atomic E-state index is 4.27. The number of thiazole rings is 1. The summed E-state index contributed by atoms with van der Waals surface area (Å²) < 4.78 is 0. The molecule has 1 aromatic rings. The zero-order valence-electron chi connectivity index (χ0n) is 8.74. The first-order valence-corrected chi connectivity index (χ1v) is 5.12. The highest BCUT2D eigenvalue weighted by atomic mass is 35.5. The smallest absolute Gasteiger partial charge is 0.107 e. The van der Waals surface area contributed by atoms with E-state index in [1.54, 1.807) is 11.3 Å². The number of nitrogens with zero attached hydrogens (tertiary/aromatic N) is 1. The van der Waals surface area contributed by atoms with Crippen LogP contribution in [0.4, 0.5) is 0 Å². The predicted octanol–water partition coefficient (Wildman–Crippen LogP) is 3.04. The lowest BCUT2D eigenvalue weighted by Crippen LogP contribution is -2.18. The Kier molecular flexibility index (Phi) is 10.0. The van der Waals surface area contributed by atoms with Crippen molar-refractivity contribution in [1.29, 1.82) is 0 Å². The minimum atomic E-state index is 0. The average molecular weight is 257 g/mol. The summed E-state index contributed by atoms with van der Waals surface area (Å²) in [5.74, 6) is 0.714. The standard InChI is InChI=1S/C9H16N2S.2ClH/c1-7(2)4-10-6-9-11-5-8(3)12-9;;/h5,7,10H,4,6H2,1-3H3;2*1H. The summed E-state index contributed by atoms with van der Waals surface area (Å²) in [6, 6.07) is 0. The molecule has 0 saturated carbocycles. The molecule has 0 amide bonds. The number of aryl methyl sites for hydroxylation is 1. The molecule has 5 heteroatoms. The van der Waals surface area contributed by atoms with Crippen LogP contribution in [0.25, 0.3) is 0 Å². The van der Waals surface area contributed by atoms with Crippen molar-refractivity contribution in [2.45, 2.75) is 27.3 Å². The molecule has 0 aliphatic rings. The second-order valence-corrected chi connectivity index (χ2v) is 4.71. The van der Waals surface area contributed by atoms with Gasteiger partial charge in [0.1, 0.15) is 5.01 Å². The molecule has 0 aliphatic heterocycles. The van der Waals surface area contributed by atoms with Gasteiger partial charge < -0.3 is 5.32 Å². The highest BCUT2D eigenvalue weighted by molar-refractivity contribution is 7.11. The summed E-state index contributed by atoms with van der Waals surface area (Å²) in [7, 11) is 0. The van der Waals surface area contributed by atoms with Crippen molar-refractivity contribution in [3.8, 4) is 0 Å². The molecular formula is C9H18Cl2N2S. The molecule has 14 heavy (non-hydrogen) atoms. The molecule has 0 unspecified atom stereocenters. The van der Waals surface area contributed by atoms with E-state index in [2.05, 4.69) is 31.1 Å². The van der Waals surface area contributed by atoms with Gasteiger partial charge in [0.15, 0.2) is 0 Å². The van der Waals surface area contributed by atoms with Crippen molar-refractivity contribution in [2.24, 2.45) is 5.92 Å². The quantitative estimate of drug-likeness (QED) is 0.896. The summed E-state index contributed by atoms with van der Waals surface area (Å²) in [5, 5.41) is 4.55. The van der Waals surface area contributed by atoms with Gasteiger partial charge in [0.25, 0.3) is 0 Å². The van der Waals surface area contributed by atoms with E-state index in [-0.39, 0.29) is 24.8 Å². The first-order valence-electron chi connectivity index (χ1n) is 4.30. The van der Waals surface area contributed by atoms with Crippen LogP contribution < -0.4 is 5.32 Å². The first kappa shape index (κ1) is 16.6. The molecule has 0 radical (unpaired) electrons. The van der Waals surface area contributed by atoms with Crippen LogP contribution >= 0.6 is 36.2 Å². The number of hydrogen-bond donors (Lipinski definition) is 1. The topological polar surface area (TPSA) is 24.9 Å². The fourth-order valence-corrected chi connectivity index (χ4v) is 1.71. The zero-order chi connectivity index (χ0) is 8.97. The Hall–Kier alpha value is 0.170. The Balaban J connectivity index is 0. The normalized spacial score (nSPS) is 9.43. The molecule has 0 spiro atoms. The van der Waals surface area contributed by atoms with Crippen molar-refractivity contribution in [3.63, 3.8) is 0 Å². The largest absolute Gasteiger partial charge is 0.310 e. The molecule has 84 valence electrons. The van der Waals surface area contributed by atoms with Crippen molar-refractivity contribution >= 4 is 36.2 Å². The van der Waals surface area contributed by atoms with E-state index in [4.69, 9.17) is 0 Å². The van der Waals surface area contributed by atoms with Crippen LogP contribution in [0.3, 0.4) is 0 Å². The van der Waals surface area contributed by atoms with Crippen LogP contribution in [0, 0.1) is 12.8 Å². The maximum Gasteiger partial charge on any atom is 0.107 e. The van der Waals surface area contributed by atoms with Crippen LogP contribution in [-0.4, -0.2) is 11.5 Å². The SMILES string of the molecule is Cc1cnc(CNCC(C)C)s1.Cl.Cl. The molecule has 0 fully saturated rings. The highest BCUT2D eigenvalue weighted by Gasteiger charge is 1.98. The summed E-state index contributed by atoms with van der Waals surface area (Å²) in [4.78, 5) is 5.56. The maximum atomic E-state index is 4.27. The van der Waals surface area contributed by atoms with Crippen LogP contribution in [-0.2, 0) is 6.54 Å². The predicted molar refractivity (Wildman–Crippen MR) is 67.9 cm³/mol. The number of nitrogens with one attached hydrogen (secondary N) is 1. The number of hydrogen-bond acceptors (Lipinski definition) is 3. The van der Waals surface area contributed by atoms with Gasteiger partial charge in [0, 0.05) is 17.6 Å². The van der Waals surface area contributed by atoms with Crippen molar-refractivity contribution in [3.05, 3.63) is 16.1 Å². The third-order valence-corrected chi connectivity index (χ3v) is 2.41. The van der Waals surface area contributed by atoms with Crippen LogP contribution in [0.1, 0.15) is 23.7 Å². The molecule has 1 rings (SSSR count). The number of rotatable bonds is 4. The number of aromatic nitrogens is 1. The number of halogens is 2. The van der Waals surface area contributed by atoms with Gasteiger partial charge in [-0.15, -0.1) is 36.2 Å². The second kappa shape index (κ2) is 8.48. The van der Waals surface area contributed by atoms with E-state index < -0.39 is 0 Å². The van der Waals surface area contributed by atoms with Gasteiger partial charge in [0.05, 0.1) is 0 Å². The summed E-state index contributed by atoms with van der Waals surface area (Å²) in [6.07, 6.45) is 1.93. The first-order chi connectivity index (χ1) is 5.68. The lowest BCUT2D eigenvalue weighted by atomic mass is 10.2. The molecule has 0 aromatic carbocycles. The fourth-order valence-electron chi connectivity index (χ4n) is 0.951. The zero-order valence-corrected chi connectivity index (χ0v) is 11.2. The van der Waals surface area contributed by atoms with Crippen LogP contribution in [0.2, 0.25) is 0 Å². The van der Waals surface area contributed by atoms with Gasteiger partial charge in [-0.1, -0.05) is 13.8 Å². The molecule has 1 heterocycles. The van der Waals surface area contributed by atoms with Crippen LogP contribution in [0.15, 0.2) is 6.20 Å². The Bertz CT molecular complexity index is 238. The van der Waals surface area contributed by atoms with Crippen LogP contribution in [0.5, 0.6) is 0 Å². The Morgan fingerprint density at radius 3 is 2.50 bits per heavy atom. The van der Waals surface area contributed by atoms with Crippen molar-refractivity contribution in [1.82, 2.24) is 10.3 Å². The van der Waals surface area contributed by atoms with E-state index >= 15 is 0 Å². The van der Waals surface area contributed by atoms with E-state index in [0.717, 1.165) is 13.1 Å². The van der Waals surface area contributed by atoms with Crippen molar-refractivity contribution in [2.75, 3.05) is 6.54 Å². The molecule has 1 aromatic heterocycles. The van der Waals surface area contributed by atoms with E-state index in [0.29, 0.717) is 5.92 Å². The lowest BCUT2D eigenvalue weighted by molar-refractivity contribution is 0.551.